The predicted molar refractivity (Wildman–Crippen MR) is 62.9 cm³/mol. The molecule has 0 aromatic rings. The van der Waals surface area contributed by atoms with Gasteiger partial charge in [-0.05, 0) is 32.6 Å². The van der Waals surface area contributed by atoms with E-state index in [0.717, 1.165) is 32.4 Å². The zero-order valence-corrected chi connectivity index (χ0v) is 10.6. The van der Waals surface area contributed by atoms with E-state index < -0.39 is 17.6 Å². The summed E-state index contributed by atoms with van der Waals surface area (Å²) in [6.07, 6.45) is -2.63. The number of amides is 1. The van der Waals surface area contributed by atoms with Crippen molar-refractivity contribution < 1.29 is 18.0 Å². The lowest BCUT2D eigenvalue weighted by molar-refractivity contribution is -0.187. The van der Waals surface area contributed by atoms with Crippen LogP contribution in [0, 0.1) is 17.8 Å². The van der Waals surface area contributed by atoms with E-state index in [1.54, 1.807) is 0 Å². The third-order valence-electron chi connectivity index (χ3n) is 4.17. The van der Waals surface area contributed by atoms with E-state index in [9.17, 15) is 18.0 Å². The van der Waals surface area contributed by atoms with Crippen molar-refractivity contribution in [1.29, 1.82) is 0 Å². The standard InChI is InChI=1S/C12H14F3N3O/c1-11(2,12(13,14)15)16-10(19)9-7-4-5-3-6(5)8(7)17-18-9/h5-7H,3-4H2,1-2H3,(H,16,19). The summed E-state index contributed by atoms with van der Waals surface area (Å²) in [5.41, 5.74) is -1.24. The zero-order valence-electron chi connectivity index (χ0n) is 10.6. The molecule has 2 saturated carbocycles. The largest absolute Gasteiger partial charge is 0.410 e. The molecule has 104 valence electrons. The van der Waals surface area contributed by atoms with Crippen molar-refractivity contribution in [2.75, 3.05) is 0 Å². The number of rotatable bonds is 2. The fourth-order valence-electron chi connectivity index (χ4n) is 2.75. The van der Waals surface area contributed by atoms with Gasteiger partial charge in [0.1, 0.15) is 11.3 Å². The molecule has 1 heterocycles. The third kappa shape index (κ3) is 1.86. The summed E-state index contributed by atoms with van der Waals surface area (Å²) < 4.78 is 38.2. The number of hydrogen-bond acceptors (Lipinski definition) is 3. The maximum absolute atomic E-state index is 12.7. The van der Waals surface area contributed by atoms with Crippen LogP contribution in [0.5, 0.6) is 0 Å². The second-order valence-corrected chi connectivity index (χ2v) is 5.98. The minimum atomic E-state index is -4.50. The van der Waals surface area contributed by atoms with Gasteiger partial charge in [0.15, 0.2) is 0 Å². The Balaban J connectivity index is 1.70. The molecule has 3 rings (SSSR count). The maximum Gasteiger partial charge on any atom is 0.410 e. The van der Waals surface area contributed by atoms with Crippen LogP contribution in [0.4, 0.5) is 13.2 Å². The van der Waals surface area contributed by atoms with Crippen LogP contribution in [0.25, 0.3) is 0 Å². The number of nitrogens with zero attached hydrogens (tertiary/aromatic N) is 2. The van der Waals surface area contributed by atoms with Gasteiger partial charge in [0.25, 0.3) is 5.91 Å². The Morgan fingerprint density at radius 3 is 2.58 bits per heavy atom. The smallest absolute Gasteiger partial charge is 0.337 e. The molecule has 2 aliphatic carbocycles. The van der Waals surface area contributed by atoms with Gasteiger partial charge in [0, 0.05) is 11.8 Å². The summed E-state index contributed by atoms with van der Waals surface area (Å²) in [6, 6.07) is 0. The van der Waals surface area contributed by atoms with Gasteiger partial charge in [-0.1, -0.05) is 0 Å². The highest BCUT2D eigenvalue weighted by atomic mass is 19.4. The molecular weight excluding hydrogens is 259 g/mol. The Morgan fingerprint density at radius 2 is 1.95 bits per heavy atom. The Morgan fingerprint density at radius 1 is 1.26 bits per heavy atom. The van der Waals surface area contributed by atoms with Crippen LogP contribution in [0.1, 0.15) is 26.7 Å². The summed E-state index contributed by atoms with van der Waals surface area (Å²) in [6.45, 7) is 1.88. The zero-order chi connectivity index (χ0) is 14.0. The molecule has 0 aromatic carbocycles. The molecule has 0 radical (unpaired) electrons. The fourth-order valence-corrected chi connectivity index (χ4v) is 2.75. The lowest BCUT2D eigenvalue weighted by atomic mass is 9.95. The van der Waals surface area contributed by atoms with Gasteiger partial charge in [-0.15, -0.1) is 5.10 Å². The monoisotopic (exact) mass is 273 g/mol. The maximum atomic E-state index is 12.7. The number of carbonyl (C=O) groups excluding carboxylic acids is 1. The fraction of sp³-hybridized carbons (Fsp3) is 0.750. The summed E-state index contributed by atoms with van der Waals surface area (Å²) >= 11 is 0. The molecule has 4 nitrogen and oxygen atoms in total. The summed E-state index contributed by atoms with van der Waals surface area (Å²) in [7, 11) is 0. The SMILES string of the molecule is CC(C)(NC(=O)C1=NN=C2C1CC1CC21)C(F)(F)F. The lowest BCUT2D eigenvalue weighted by Gasteiger charge is -2.29. The minimum absolute atomic E-state index is 0.138. The van der Waals surface area contributed by atoms with Crippen LogP contribution in [-0.4, -0.2) is 29.0 Å². The molecule has 1 N–H and O–H groups in total. The van der Waals surface area contributed by atoms with E-state index in [1.165, 1.54) is 0 Å². The number of halogens is 3. The first kappa shape index (κ1) is 12.6. The Kier molecular flexibility index (Phi) is 2.38. The summed E-state index contributed by atoms with van der Waals surface area (Å²) in [5.74, 6) is 0.0486. The molecule has 1 aliphatic heterocycles. The first-order valence-electron chi connectivity index (χ1n) is 6.25. The van der Waals surface area contributed by atoms with Crippen molar-refractivity contribution in [2.45, 2.75) is 38.4 Å². The van der Waals surface area contributed by atoms with Crippen molar-refractivity contribution in [1.82, 2.24) is 5.32 Å². The van der Waals surface area contributed by atoms with E-state index >= 15 is 0 Å². The number of hydrogen-bond donors (Lipinski definition) is 1. The Labute approximate surface area is 108 Å². The predicted octanol–water partition coefficient (Wildman–Crippen LogP) is 1.91. The molecule has 7 heteroatoms. The Hall–Kier alpha value is -1.40. The Bertz CT molecular complexity index is 507. The summed E-state index contributed by atoms with van der Waals surface area (Å²) in [4.78, 5) is 12.0. The van der Waals surface area contributed by atoms with Gasteiger partial charge in [-0.3, -0.25) is 4.79 Å². The number of carbonyl (C=O) groups is 1. The number of alkyl halides is 3. The van der Waals surface area contributed by atoms with E-state index in [0.29, 0.717) is 11.8 Å². The van der Waals surface area contributed by atoms with E-state index in [4.69, 9.17) is 0 Å². The quantitative estimate of drug-likeness (QED) is 0.821. The van der Waals surface area contributed by atoms with Crippen LogP contribution in [0.3, 0.4) is 0 Å². The summed E-state index contributed by atoms with van der Waals surface area (Å²) in [5, 5.41) is 9.78. The second kappa shape index (κ2) is 3.58. The first-order valence-corrected chi connectivity index (χ1v) is 6.25. The molecule has 1 amide bonds. The van der Waals surface area contributed by atoms with Crippen LogP contribution < -0.4 is 5.32 Å². The van der Waals surface area contributed by atoms with E-state index in [2.05, 4.69) is 10.2 Å². The highest BCUT2D eigenvalue weighted by molar-refractivity contribution is 6.45. The van der Waals surface area contributed by atoms with Crippen molar-refractivity contribution >= 4 is 17.3 Å². The number of fused-ring (bicyclic) bond motifs is 3. The minimum Gasteiger partial charge on any atom is -0.337 e. The highest BCUT2D eigenvalue weighted by Gasteiger charge is 2.56. The van der Waals surface area contributed by atoms with E-state index in [-0.39, 0.29) is 11.6 Å². The number of nitrogens with one attached hydrogen (secondary N) is 1. The molecule has 0 saturated heterocycles. The molecule has 19 heavy (non-hydrogen) atoms. The average molecular weight is 273 g/mol. The molecule has 2 fully saturated rings. The van der Waals surface area contributed by atoms with Gasteiger partial charge in [0.2, 0.25) is 0 Å². The molecule has 0 bridgehead atoms. The average Bonchev–Trinajstić information content (AvgIpc) is 2.75. The molecule has 0 spiro atoms. The third-order valence-corrected chi connectivity index (χ3v) is 4.17. The van der Waals surface area contributed by atoms with Crippen molar-refractivity contribution in [3.8, 4) is 0 Å². The van der Waals surface area contributed by atoms with Crippen LogP contribution in [0.2, 0.25) is 0 Å². The second-order valence-electron chi connectivity index (χ2n) is 5.98. The van der Waals surface area contributed by atoms with Crippen molar-refractivity contribution in [2.24, 2.45) is 28.0 Å². The first-order chi connectivity index (χ1) is 8.71. The van der Waals surface area contributed by atoms with Gasteiger partial charge in [-0.25, -0.2) is 0 Å². The molecule has 3 unspecified atom stereocenters. The van der Waals surface area contributed by atoms with Crippen LogP contribution >= 0.6 is 0 Å². The molecule has 3 aliphatic rings. The molecule has 0 aromatic heterocycles. The van der Waals surface area contributed by atoms with Gasteiger partial charge in [-0.2, -0.15) is 18.3 Å². The van der Waals surface area contributed by atoms with Crippen molar-refractivity contribution in [3.05, 3.63) is 0 Å². The van der Waals surface area contributed by atoms with Crippen LogP contribution in [-0.2, 0) is 4.79 Å². The molecule has 3 atom stereocenters. The van der Waals surface area contributed by atoms with Gasteiger partial charge >= 0.3 is 6.18 Å². The van der Waals surface area contributed by atoms with Gasteiger partial charge in [0.05, 0.1) is 5.71 Å². The van der Waals surface area contributed by atoms with Crippen molar-refractivity contribution in [3.63, 3.8) is 0 Å². The lowest BCUT2D eigenvalue weighted by Crippen LogP contribution is -2.56. The van der Waals surface area contributed by atoms with Gasteiger partial charge < -0.3 is 5.32 Å². The highest BCUT2D eigenvalue weighted by Crippen LogP contribution is 2.54. The molecular formula is C12H14F3N3O. The normalized spacial score (nSPS) is 32.4. The topological polar surface area (TPSA) is 53.8 Å². The van der Waals surface area contributed by atoms with E-state index in [1.807, 2.05) is 5.32 Å². The van der Waals surface area contributed by atoms with Crippen LogP contribution in [0.15, 0.2) is 10.2 Å².